The molecule has 2 amide bonds. The summed E-state index contributed by atoms with van der Waals surface area (Å²) in [6, 6.07) is 10.0. The number of hydrogen-bond acceptors (Lipinski definition) is 4. The molecular formula is C22H26FN3O2S. The summed E-state index contributed by atoms with van der Waals surface area (Å²) in [7, 11) is 0. The van der Waals surface area contributed by atoms with Gasteiger partial charge in [0.25, 0.3) is 5.91 Å². The van der Waals surface area contributed by atoms with Crippen molar-refractivity contribution in [2.45, 2.75) is 37.3 Å². The third-order valence-electron chi connectivity index (χ3n) is 5.21. The molecule has 0 unspecified atom stereocenters. The summed E-state index contributed by atoms with van der Waals surface area (Å²) in [6.45, 7) is 1.58. The first-order chi connectivity index (χ1) is 14.1. The fourth-order valence-corrected chi connectivity index (χ4v) is 4.17. The molecule has 2 heterocycles. The molecule has 2 aromatic rings. The zero-order valence-electron chi connectivity index (χ0n) is 16.6. The van der Waals surface area contributed by atoms with Crippen LogP contribution in [0.3, 0.4) is 0 Å². The Morgan fingerprint density at radius 3 is 2.90 bits per heavy atom. The molecule has 0 aliphatic carbocycles. The summed E-state index contributed by atoms with van der Waals surface area (Å²) in [6.07, 6.45) is 6.65. The van der Waals surface area contributed by atoms with Crippen LogP contribution in [0, 0.1) is 11.7 Å². The molecular weight excluding hydrogens is 389 g/mol. The monoisotopic (exact) mass is 415 g/mol. The number of nitrogens with one attached hydrogen (secondary N) is 1. The van der Waals surface area contributed by atoms with Gasteiger partial charge in [0.2, 0.25) is 5.91 Å². The summed E-state index contributed by atoms with van der Waals surface area (Å²) < 4.78 is 13.6. The number of aromatic nitrogens is 1. The molecule has 5 nitrogen and oxygen atoms in total. The molecule has 7 heteroatoms. The van der Waals surface area contributed by atoms with Crippen LogP contribution in [0.2, 0.25) is 0 Å². The Balaban J connectivity index is 1.49. The average molecular weight is 416 g/mol. The number of piperidine rings is 1. The normalized spacial score (nSPS) is 16.5. The van der Waals surface area contributed by atoms with Gasteiger partial charge in [0.1, 0.15) is 10.8 Å². The van der Waals surface area contributed by atoms with Crippen molar-refractivity contribution in [2.24, 2.45) is 5.92 Å². The van der Waals surface area contributed by atoms with E-state index in [0.717, 1.165) is 30.8 Å². The van der Waals surface area contributed by atoms with Gasteiger partial charge in [-0.05, 0) is 49.6 Å². The Hall–Kier alpha value is -2.41. The minimum absolute atomic E-state index is 0.0103. The van der Waals surface area contributed by atoms with Crippen LogP contribution in [0.4, 0.5) is 4.39 Å². The van der Waals surface area contributed by atoms with Gasteiger partial charge in [-0.25, -0.2) is 9.37 Å². The third-order valence-corrected chi connectivity index (χ3v) is 5.93. The number of benzene rings is 1. The number of rotatable bonds is 7. The maximum atomic E-state index is 13.6. The van der Waals surface area contributed by atoms with E-state index in [4.69, 9.17) is 0 Å². The van der Waals surface area contributed by atoms with Gasteiger partial charge in [0, 0.05) is 37.8 Å². The molecule has 1 N–H and O–H groups in total. The minimum atomic E-state index is -0.311. The van der Waals surface area contributed by atoms with Gasteiger partial charge in [-0.2, -0.15) is 0 Å². The fraction of sp³-hybridized carbons (Fsp3) is 0.409. The topological polar surface area (TPSA) is 62.3 Å². The SMILES string of the molecule is CSc1ncccc1C(=O)N1CCC[C@@H](CCC(=O)NCc2ccccc2F)C1. The number of likely N-dealkylation sites (tertiary alicyclic amines) is 1. The van der Waals surface area contributed by atoms with Gasteiger partial charge >= 0.3 is 0 Å². The number of carbonyl (C=O) groups excluding carboxylic acids is 2. The first-order valence-corrected chi connectivity index (χ1v) is 11.1. The lowest BCUT2D eigenvalue weighted by molar-refractivity contribution is -0.121. The van der Waals surface area contributed by atoms with Gasteiger partial charge in [-0.1, -0.05) is 18.2 Å². The van der Waals surface area contributed by atoms with Gasteiger partial charge in [-0.15, -0.1) is 11.8 Å². The second kappa shape index (κ2) is 10.4. The summed E-state index contributed by atoms with van der Waals surface area (Å²) in [5.74, 6) is -0.0969. The minimum Gasteiger partial charge on any atom is -0.352 e. The van der Waals surface area contributed by atoms with Crippen molar-refractivity contribution in [3.63, 3.8) is 0 Å². The molecule has 1 aliphatic rings. The molecule has 1 aromatic heterocycles. The van der Waals surface area contributed by atoms with Gasteiger partial charge in [0.05, 0.1) is 5.56 Å². The van der Waals surface area contributed by atoms with Crippen LogP contribution in [-0.4, -0.2) is 41.0 Å². The Labute approximate surface area is 175 Å². The number of pyridine rings is 1. The molecule has 154 valence electrons. The highest BCUT2D eigenvalue weighted by Crippen LogP contribution is 2.25. The second-order valence-electron chi connectivity index (χ2n) is 7.23. The van der Waals surface area contributed by atoms with Crippen molar-refractivity contribution < 1.29 is 14.0 Å². The molecule has 1 atom stereocenters. The van der Waals surface area contributed by atoms with Crippen LogP contribution in [0.15, 0.2) is 47.6 Å². The van der Waals surface area contributed by atoms with Crippen molar-refractivity contribution in [2.75, 3.05) is 19.3 Å². The molecule has 1 saturated heterocycles. The van der Waals surface area contributed by atoms with E-state index in [0.29, 0.717) is 30.0 Å². The highest BCUT2D eigenvalue weighted by atomic mass is 32.2. The highest BCUT2D eigenvalue weighted by Gasteiger charge is 2.26. The molecule has 0 bridgehead atoms. The van der Waals surface area contributed by atoms with E-state index >= 15 is 0 Å². The molecule has 1 aromatic carbocycles. The summed E-state index contributed by atoms with van der Waals surface area (Å²) in [5.41, 5.74) is 1.12. The Morgan fingerprint density at radius 2 is 2.10 bits per heavy atom. The largest absolute Gasteiger partial charge is 0.352 e. The van der Waals surface area contributed by atoms with Crippen molar-refractivity contribution >= 4 is 23.6 Å². The quantitative estimate of drug-likeness (QED) is 0.697. The maximum absolute atomic E-state index is 13.6. The van der Waals surface area contributed by atoms with Crippen molar-refractivity contribution in [3.05, 3.63) is 59.5 Å². The predicted molar refractivity (Wildman–Crippen MR) is 112 cm³/mol. The molecule has 29 heavy (non-hydrogen) atoms. The second-order valence-corrected chi connectivity index (χ2v) is 8.02. The van der Waals surface area contributed by atoms with E-state index in [1.807, 2.05) is 17.2 Å². The fourth-order valence-electron chi connectivity index (χ4n) is 3.63. The lowest BCUT2D eigenvalue weighted by Crippen LogP contribution is -2.40. The highest BCUT2D eigenvalue weighted by molar-refractivity contribution is 7.98. The summed E-state index contributed by atoms with van der Waals surface area (Å²) in [4.78, 5) is 31.2. The van der Waals surface area contributed by atoms with Crippen LogP contribution in [0.1, 0.15) is 41.6 Å². The van der Waals surface area contributed by atoms with E-state index in [1.54, 1.807) is 30.5 Å². The zero-order chi connectivity index (χ0) is 20.6. The Morgan fingerprint density at radius 1 is 1.28 bits per heavy atom. The first-order valence-electron chi connectivity index (χ1n) is 9.87. The lowest BCUT2D eigenvalue weighted by atomic mass is 9.93. The smallest absolute Gasteiger partial charge is 0.256 e. The first kappa shape index (κ1) is 21.3. The average Bonchev–Trinajstić information content (AvgIpc) is 2.76. The van der Waals surface area contributed by atoms with E-state index in [2.05, 4.69) is 10.3 Å². The molecule has 3 rings (SSSR count). The third kappa shape index (κ3) is 5.79. The van der Waals surface area contributed by atoms with Crippen molar-refractivity contribution in [1.29, 1.82) is 0 Å². The van der Waals surface area contributed by atoms with Crippen LogP contribution in [0.25, 0.3) is 0 Å². The molecule has 0 radical (unpaired) electrons. The zero-order valence-corrected chi connectivity index (χ0v) is 17.4. The Kier molecular flexibility index (Phi) is 7.63. The number of nitrogens with zero attached hydrogens (tertiary/aromatic N) is 2. The predicted octanol–water partition coefficient (Wildman–Crippen LogP) is 3.89. The number of amides is 2. The summed E-state index contributed by atoms with van der Waals surface area (Å²) >= 11 is 1.47. The van der Waals surface area contributed by atoms with Gasteiger partial charge < -0.3 is 10.2 Å². The maximum Gasteiger partial charge on any atom is 0.256 e. The lowest BCUT2D eigenvalue weighted by Gasteiger charge is -2.33. The van der Waals surface area contributed by atoms with Crippen molar-refractivity contribution in [1.82, 2.24) is 15.2 Å². The number of halogens is 1. The van der Waals surface area contributed by atoms with E-state index in [-0.39, 0.29) is 24.2 Å². The molecule has 1 aliphatic heterocycles. The Bertz CT molecular complexity index is 861. The van der Waals surface area contributed by atoms with Gasteiger partial charge in [0.15, 0.2) is 0 Å². The molecule has 0 saturated carbocycles. The molecule has 0 spiro atoms. The summed E-state index contributed by atoms with van der Waals surface area (Å²) in [5, 5.41) is 3.53. The number of carbonyl (C=O) groups is 2. The van der Waals surface area contributed by atoms with Crippen LogP contribution >= 0.6 is 11.8 Å². The van der Waals surface area contributed by atoms with Crippen LogP contribution in [0.5, 0.6) is 0 Å². The number of hydrogen-bond donors (Lipinski definition) is 1. The molecule has 1 fully saturated rings. The van der Waals surface area contributed by atoms with Crippen LogP contribution < -0.4 is 5.32 Å². The van der Waals surface area contributed by atoms with Crippen molar-refractivity contribution in [3.8, 4) is 0 Å². The van der Waals surface area contributed by atoms with Gasteiger partial charge in [-0.3, -0.25) is 9.59 Å². The van der Waals surface area contributed by atoms with E-state index < -0.39 is 0 Å². The van der Waals surface area contributed by atoms with E-state index in [9.17, 15) is 14.0 Å². The standard InChI is InChI=1S/C22H26FN3O2S/c1-29-21-18(8-4-12-24-21)22(28)26-13-5-6-16(15-26)10-11-20(27)25-14-17-7-2-3-9-19(17)23/h2-4,7-9,12,16H,5-6,10-11,13-15H2,1H3,(H,25,27)/t16-/m0/s1. The van der Waals surface area contributed by atoms with Crippen LogP contribution in [-0.2, 0) is 11.3 Å². The van der Waals surface area contributed by atoms with E-state index in [1.165, 1.54) is 17.8 Å². The number of thioether (sulfide) groups is 1.